The summed E-state index contributed by atoms with van der Waals surface area (Å²) >= 11 is 0. The van der Waals surface area contributed by atoms with Crippen molar-refractivity contribution < 1.29 is 9.90 Å². The molecule has 0 aliphatic carbocycles. The van der Waals surface area contributed by atoms with Crippen LogP contribution in [0.4, 0.5) is 0 Å². The number of aromatic nitrogens is 3. The fraction of sp³-hybridized carbons (Fsp3) is 0.111. The van der Waals surface area contributed by atoms with E-state index in [9.17, 15) is 14.4 Å². The molecule has 2 rings (SSSR count). The number of aromatic carboxylic acids is 1. The van der Waals surface area contributed by atoms with Crippen molar-refractivity contribution in [2.45, 2.75) is 0 Å². The van der Waals surface area contributed by atoms with Crippen LogP contribution in [0.1, 0.15) is 10.5 Å². The summed E-state index contributed by atoms with van der Waals surface area (Å²) < 4.78 is 1.09. The van der Waals surface area contributed by atoms with Crippen molar-refractivity contribution >= 4 is 17.0 Å². The van der Waals surface area contributed by atoms with Crippen LogP contribution in [0, 0.1) is 0 Å². The molecule has 0 aromatic carbocycles. The Balaban J connectivity index is 2.97. The first-order valence-electron chi connectivity index (χ1n) is 4.34. The monoisotopic (exact) mass is 221 g/mol. The third kappa shape index (κ3) is 1.38. The molecule has 82 valence electrons. The predicted molar refractivity (Wildman–Crippen MR) is 54.6 cm³/mol. The van der Waals surface area contributed by atoms with Crippen LogP contribution in [0.5, 0.6) is 0 Å². The number of carboxylic acids is 1. The SMILES string of the molecule is Cn1c(=O)[nH]c(=O)c2ccc(C(=O)O)nc21. The van der Waals surface area contributed by atoms with Gasteiger partial charge in [0.25, 0.3) is 5.56 Å². The normalized spacial score (nSPS) is 10.6. The van der Waals surface area contributed by atoms with E-state index in [0.29, 0.717) is 0 Å². The minimum absolute atomic E-state index is 0.0497. The summed E-state index contributed by atoms with van der Waals surface area (Å²) in [6.45, 7) is 0. The molecule has 0 fully saturated rings. The largest absolute Gasteiger partial charge is 0.477 e. The minimum atomic E-state index is -1.21. The second-order valence-corrected chi connectivity index (χ2v) is 3.19. The molecule has 16 heavy (non-hydrogen) atoms. The standard InChI is InChI=1S/C9H7N3O4/c1-12-6-4(7(13)11-9(12)16)2-3-5(10-6)8(14)15/h2-3H,1H3,(H,14,15)(H,11,13,16). The topological polar surface area (TPSA) is 105 Å². The number of rotatable bonds is 1. The van der Waals surface area contributed by atoms with Crippen LogP contribution >= 0.6 is 0 Å². The quantitative estimate of drug-likeness (QED) is 0.663. The lowest BCUT2D eigenvalue weighted by molar-refractivity contribution is 0.0691. The van der Waals surface area contributed by atoms with Crippen molar-refractivity contribution in [3.63, 3.8) is 0 Å². The molecule has 2 N–H and O–H groups in total. The van der Waals surface area contributed by atoms with Gasteiger partial charge in [-0.2, -0.15) is 0 Å². The highest BCUT2D eigenvalue weighted by Crippen LogP contribution is 2.05. The van der Waals surface area contributed by atoms with Gasteiger partial charge >= 0.3 is 11.7 Å². The van der Waals surface area contributed by atoms with Crippen LogP contribution in [0.3, 0.4) is 0 Å². The van der Waals surface area contributed by atoms with E-state index in [0.717, 1.165) is 4.57 Å². The van der Waals surface area contributed by atoms with E-state index in [1.165, 1.54) is 19.2 Å². The molecular formula is C9H7N3O4. The Morgan fingerprint density at radius 2 is 2.12 bits per heavy atom. The molecule has 7 nitrogen and oxygen atoms in total. The molecule has 0 saturated carbocycles. The second-order valence-electron chi connectivity index (χ2n) is 3.19. The van der Waals surface area contributed by atoms with Crippen molar-refractivity contribution in [3.8, 4) is 0 Å². The Kier molecular flexibility index (Phi) is 2.08. The first-order valence-corrected chi connectivity index (χ1v) is 4.34. The highest BCUT2D eigenvalue weighted by atomic mass is 16.4. The van der Waals surface area contributed by atoms with Gasteiger partial charge in [-0.3, -0.25) is 14.3 Å². The van der Waals surface area contributed by atoms with E-state index in [-0.39, 0.29) is 16.7 Å². The first kappa shape index (κ1) is 10.1. The number of aryl methyl sites for hydroxylation is 1. The summed E-state index contributed by atoms with van der Waals surface area (Å²) in [5, 5.41) is 8.91. The van der Waals surface area contributed by atoms with Crippen LogP contribution in [-0.2, 0) is 7.05 Å². The third-order valence-electron chi connectivity index (χ3n) is 2.18. The smallest absolute Gasteiger partial charge is 0.354 e. The average Bonchev–Trinajstić information content (AvgIpc) is 2.25. The van der Waals surface area contributed by atoms with Gasteiger partial charge in [0.05, 0.1) is 5.39 Å². The van der Waals surface area contributed by atoms with Crippen molar-refractivity contribution in [1.29, 1.82) is 0 Å². The van der Waals surface area contributed by atoms with Crippen LogP contribution in [0.25, 0.3) is 11.0 Å². The highest BCUT2D eigenvalue weighted by Gasteiger charge is 2.10. The maximum atomic E-state index is 11.4. The Morgan fingerprint density at radius 3 is 2.75 bits per heavy atom. The molecule has 0 spiro atoms. The number of nitrogens with one attached hydrogen (secondary N) is 1. The Labute approximate surface area is 88.0 Å². The zero-order valence-corrected chi connectivity index (χ0v) is 8.22. The van der Waals surface area contributed by atoms with Crippen molar-refractivity contribution in [2.75, 3.05) is 0 Å². The fourth-order valence-electron chi connectivity index (χ4n) is 1.34. The molecule has 0 amide bonds. The number of carbonyl (C=O) groups is 1. The molecule has 0 aliphatic heterocycles. The molecule has 0 radical (unpaired) electrons. The number of hydrogen-bond acceptors (Lipinski definition) is 4. The first-order chi connectivity index (χ1) is 7.50. The summed E-state index contributed by atoms with van der Waals surface area (Å²) in [5.41, 5.74) is -1.38. The molecule has 0 saturated heterocycles. The second kappa shape index (κ2) is 3.30. The zero-order chi connectivity index (χ0) is 11.9. The molecule has 0 aliphatic rings. The van der Waals surface area contributed by atoms with Gasteiger partial charge in [0.1, 0.15) is 5.65 Å². The van der Waals surface area contributed by atoms with E-state index in [2.05, 4.69) is 9.97 Å². The summed E-state index contributed by atoms with van der Waals surface area (Å²) in [6.07, 6.45) is 0. The average molecular weight is 221 g/mol. The summed E-state index contributed by atoms with van der Waals surface area (Å²) in [6, 6.07) is 2.54. The number of H-pyrrole nitrogens is 1. The van der Waals surface area contributed by atoms with Gasteiger partial charge in [-0.25, -0.2) is 14.6 Å². The van der Waals surface area contributed by atoms with Gasteiger partial charge in [-0.05, 0) is 12.1 Å². The van der Waals surface area contributed by atoms with Gasteiger partial charge < -0.3 is 5.11 Å². The maximum Gasteiger partial charge on any atom is 0.354 e. The Hall–Kier alpha value is -2.44. The summed E-state index contributed by atoms with van der Waals surface area (Å²) in [7, 11) is 1.40. The molecule has 0 bridgehead atoms. The van der Waals surface area contributed by atoms with Gasteiger partial charge in [0, 0.05) is 7.05 Å². The van der Waals surface area contributed by atoms with Crippen LogP contribution in [0.15, 0.2) is 21.7 Å². The third-order valence-corrected chi connectivity index (χ3v) is 2.18. The van der Waals surface area contributed by atoms with E-state index < -0.39 is 17.2 Å². The molecule has 0 unspecified atom stereocenters. The summed E-state index contributed by atoms with van der Waals surface area (Å²) in [4.78, 5) is 39.2. The molecule has 2 heterocycles. The number of hydrogen-bond donors (Lipinski definition) is 2. The lowest BCUT2D eigenvalue weighted by Crippen LogP contribution is -2.29. The molecular weight excluding hydrogens is 214 g/mol. The lowest BCUT2D eigenvalue weighted by atomic mass is 10.3. The Bertz CT molecular complexity index is 698. The van der Waals surface area contributed by atoms with E-state index >= 15 is 0 Å². The lowest BCUT2D eigenvalue weighted by Gasteiger charge is -2.02. The fourth-order valence-corrected chi connectivity index (χ4v) is 1.34. The van der Waals surface area contributed by atoms with Crippen molar-refractivity contribution in [2.24, 2.45) is 7.05 Å². The zero-order valence-electron chi connectivity index (χ0n) is 8.22. The van der Waals surface area contributed by atoms with Crippen LogP contribution in [0.2, 0.25) is 0 Å². The predicted octanol–water partition coefficient (Wildman–Crippen LogP) is -0.680. The van der Waals surface area contributed by atoms with E-state index in [4.69, 9.17) is 5.11 Å². The Morgan fingerprint density at radius 1 is 1.44 bits per heavy atom. The van der Waals surface area contributed by atoms with Crippen LogP contribution < -0.4 is 11.2 Å². The molecule has 2 aromatic rings. The molecule has 2 aromatic heterocycles. The maximum absolute atomic E-state index is 11.4. The van der Waals surface area contributed by atoms with Crippen molar-refractivity contribution in [3.05, 3.63) is 38.7 Å². The van der Waals surface area contributed by atoms with E-state index in [1.54, 1.807) is 0 Å². The number of carboxylic acid groups (broad SMARTS) is 1. The van der Waals surface area contributed by atoms with E-state index in [1.807, 2.05) is 0 Å². The molecule has 7 heteroatoms. The van der Waals surface area contributed by atoms with Gasteiger partial charge in [0.15, 0.2) is 5.69 Å². The van der Waals surface area contributed by atoms with Crippen LogP contribution in [-0.4, -0.2) is 25.6 Å². The molecule has 0 atom stereocenters. The van der Waals surface area contributed by atoms with Gasteiger partial charge in [0.2, 0.25) is 0 Å². The van der Waals surface area contributed by atoms with Gasteiger partial charge in [-0.15, -0.1) is 0 Å². The van der Waals surface area contributed by atoms with Gasteiger partial charge in [-0.1, -0.05) is 0 Å². The minimum Gasteiger partial charge on any atom is -0.477 e. The number of pyridine rings is 1. The highest BCUT2D eigenvalue weighted by molar-refractivity contribution is 5.88. The number of nitrogens with zero attached hydrogens (tertiary/aromatic N) is 2. The number of fused-ring (bicyclic) bond motifs is 1. The summed E-state index contributed by atoms with van der Waals surface area (Å²) in [5.74, 6) is -1.21. The van der Waals surface area contributed by atoms with Crippen molar-refractivity contribution in [1.82, 2.24) is 14.5 Å². The number of aromatic amines is 1.